The maximum absolute atomic E-state index is 11.2. The highest BCUT2D eigenvalue weighted by Gasteiger charge is 2.13. The first kappa shape index (κ1) is 15.1. The Labute approximate surface area is 96.1 Å². The molecule has 0 radical (unpaired) electrons. The third kappa shape index (κ3) is 8.45. The summed E-state index contributed by atoms with van der Waals surface area (Å²) in [5.74, 6) is 0. The molecule has 0 fully saturated rings. The van der Waals surface area contributed by atoms with Crippen LogP contribution in [0, 0.1) is 0 Å². The predicted octanol–water partition coefficient (Wildman–Crippen LogP) is -0.433. The number of ether oxygens (including phenoxy) is 1. The lowest BCUT2D eigenvalue weighted by atomic mass is 10.4. The second-order valence-electron chi connectivity index (χ2n) is 2.93. The summed E-state index contributed by atoms with van der Waals surface area (Å²) in [7, 11) is -3.79. The molecule has 0 rings (SSSR count). The quantitative estimate of drug-likeness (QED) is 0.510. The van der Waals surface area contributed by atoms with Gasteiger partial charge in [0.15, 0.2) is 0 Å². The Morgan fingerprint density at radius 2 is 1.94 bits per heavy atom. The molecule has 0 aromatic carbocycles. The molecule has 0 saturated heterocycles. The van der Waals surface area contributed by atoms with E-state index in [1.807, 2.05) is 6.92 Å². The number of carbonyl (C=O) groups is 1. The average Bonchev–Trinajstić information content (AvgIpc) is 2.16. The highest BCUT2D eigenvalue weighted by molar-refractivity contribution is 7.88. The Morgan fingerprint density at radius 1 is 1.25 bits per heavy atom. The van der Waals surface area contributed by atoms with Crippen LogP contribution in [0.5, 0.6) is 0 Å². The van der Waals surface area contributed by atoms with Crippen molar-refractivity contribution in [3.8, 4) is 0 Å². The fourth-order valence-electron chi connectivity index (χ4n) is 0.903. The minimum absolute atomic E-state index is 0.127. The van der Waals surface area contributed by atoms with Crippen LogP contribution in [0.15, 0.2) is 0 Å². The number of amides is 1. The van der Waals surface area contributed by atoms with Gasteiger partial charge in [0, 0.05) is 6.54 Å². The van der Waals surface area contributed by atoms with E-state index in [1.54, 1.807) is 11.6 Å². The van der Waals surface area contributed by atoms with Crippen molar-refractivity contribution in [1.82, 2.24) is 14.8 Å². The van der Waals surface area contributed by atoms with Gasteiger partial charge in [0.05, 0.1) is 6.61 Å². The first-order chi connectivity index (χ1) is 7.52. The molecule has 16 heavy (non-hydrogen) atoms. The van der Waals surface area contributed by atoms with Gasteiger partial charge in [-0.25, -0.2) is 9.52 Å². The molecule has 8 heteroatoms. The first-order valence-corrected chi connectivity index (χ1v) is 6.65. The summed E-state index contributed by atoms with van der Waals surface area (Å²) < 4.78 is 30.8. The second-order valence-corrected chi connectivity index (χ2v) is 4.43. The molecule has 1 amide bonds. The maximum Gasteiger partial charge on any atom is 0.421 e. The molecule has 3 N–H and O–H groups in total. The summed E-state index contributed by atoms with van der Waals surface area (Å²) in [5, 5.41) is 3.05. The second kappa shape index (κ2) is 8.31. The van der Waals surface area contributed by atoms with Gasteiger partial charge in [-0.05, 0) is 26.4 Å². The van der Waals surface area contributed by atoms with Crippen molar-refractivity contribution in [2.24, 2.45) is 0 Å². The monoisotopic (exact) mass is 253 g/mol. The summed E-state index contributed by atoms with van der Waals surface area (Å²) in [4.78, 5) is 10.8. The molecular formula is C8H19N3O4S. The van der Waals surface area contributed by atoms with Crippen molar-refractivity contribution in [2.75, 3.05) is 26.2 Å². The zero-order chi connectivity index (χ0) is 12.4. The van der Waals surface area contributed by atoms with Crippen molar-refractivity contribution in [1.29, 1.82) is 0 Å². The molecule has 0 aromatic rings. The molecule has 0 aromatic heterocycles. The SMILES string of the molecule is CCNCCCNS(=O)(=O)NC(=O)OCC. The van der Waals surface area contributed by atoms with E-state index in [0.29, 0.717) is 6.42 Å². The fraction of sp³-hybridized carbons (Fsp3) is 0.875. The van der Waals surface area contributed by atoms with E-state index < -0.39 is 16.3 Å². The molecule has 0 bridgehead atoms. The van der Waals surface area contributed by atoms with Crippen LogP contribution >= 0.6 is 0 Å². The van der Waals surface area contributed by atoms with Crippen LogP contribution in [-0.4, -0.2) is 40.8 Å². The van der Waals surface area contributed by atoms with Gasteiger partial charge in [0.25, 0.3) is 0 Å². The van der Waals surface area contributed by atoms with Crippen LogP contribution < -0.4 is 14.8 Å². The molecule has 0 aliphatic carbocycles. The zero-order valence-electron chi connectivity index (χ0n) is 9.58. The number of carbonyl (C=O) groups excluding carboxylic acids is 1. The van der Waals surface area contributed by atoms with Gasteiger partial charge in [-0.2, -0.15) is 13.1 Å². The lowest BCUT2D eigenvalue weighted by Crippen LogP contribution is -2.41. The third-order valence-electron chi connectivity index (χ3n) is 1.57. The first-order valence-electron chi connectivity index (χ1n) is 5.16. The van der Waals surface area contributed by atoms with E-state index in [0.717, 1.165) is 13.1 Å². The lowest BCUT2D eigenvalue weighted by Gasteiger charge is -2.08. The van der Waals surface area contributed by atoms with Gasteiger partial charge in [-0.15, -0.1) is 0 Å². The predicted molar refractivity (Wildman–Crippen MR) is 60.2 cm³/mol. The van der Waals surface area contributed by atoms with Gasteiger partial charge in [-0.1, -0.05) is 6.92 Å². The Bertz CT molecular complexity index is 292. The highest BCUT2D eigenvalue weighted by atomic mass is 32.2. The Morgan fingerprint density at radius 3 is 2.50 bits per heavy atom. The van der Waals surface area contributed by atoms with E-state index >= 15 is 0 Å². The number of hydrogen-bond donors (Lipinski definition) is 3. The summed E-state index contributed by atoms with van der Waals surface area (Å²) in [5.41, 5.74) is 0. The number of rotatable bonds is 8. The van der Waals surface area contributed by atoms with Crippen molar-refractivity contribution >= 4 is 16.3 Å². The van der Waals surface area contributed by atoms with E-state index in [1.165, 1.54) is 0 Å². The smallest absolute Gasteiger partial charge is 0.421 e. The molecule has 0 atom stereocenters. The van der Waals surface area contributed by atoms with Crippen LogP contribution in [0.2, 0.25) is 0 Å². The van der Waals surface area contributed by atoms with Gasteiger partial charge in [-0.3, -0.25) is 0 Å². The van der Waals surface area contributed by atoms with Gasteiger partial charge in [0.2, 0.25) is 0 Å². The van der Waals surface area contributed by atoms with E-state index in [2.05, 4.69) is 14.8 Å². The highest BCUT2D eigenvalue weighted by Crippen LogP contribution is 1.83. The van der Waals surface area contributed by atoms with Crippen LogP contribution in [-0.2, 0) is 14.9 Å². The Kier molecular flexibility index (Phi) is 7.86. The third-order valence-corrected chi connectivity index (χ3v) is 2.59. The average molecular weight is 253 g/mol. The summed E-state index contributed by atoms with van der Waals surface area (Å²) in [6.07, 6.45) is -0.320. The number of hydrogen-bond acceptors (Lipinski definition) is 5. The fourth-order valence-corrected chi connectivity index (χ4v) is 1.67. The molecule has 0 spiro atoms. The molecule has 0 saturated carbocycles. The molecule has 0 unspecified atom stereocenters. The van der Waals surface area contributed by atoms with Crippen LogP contribution in [0.3, 0.4) is 0 Å². The maximum atomic E-state index is 11.2. The van der Waals surface area contributed by atoms with Crippen molar-refractivity contribution in [2.45, 2.75) is 20.3 Å². The van der Waals surface area contributed by atoms with E-state index in [9.17, 15) is 13.2 Å². The summed E-state index contributed by atoms with van der Waals surface area (Å²) in [6, 6.07) is 0. The molecular weight excluding hydrogens is 234 g/mol. The van der Waals surface area contributed by atoms with Gasteiger partial charge >= 0.3 is 16.3 Å². The van der Waals surface area contributed by atoms with Crippen LogP contribution in [0.1, 0.15) is 20.3 Å². The molecule has 0 aliphatic rings. The summed E-state index contributed by atoms with van der Waals surface area (Å²) >= 11 is 0. The molecule has 96 valence electrons. The zero-order valence-corrected chi connectivity index (χ0v) is 10.4. The van der Waals surface area contributed by atoms with Crippen molar-refractivity contribution < 1.29 is 17.9 Å². The van der Waals surface area contributed by atoms with Gasteiger partial charge < -0.3 is 10.1 Å². The minimum Gasteiger partial charge on any atom is -0.449 e. The van der Waals surface area contributed by atoms with Gasteiger partial charge in [0.1, 0.15) is 0 Å². The van der Waals surface area contributed by atoms with Crippen molar-refractivity contribution in [3.05, 3.63) is 0 Å². The number of nitrogens with one attached hydrogen (secondary N) is 3. The molecule has 0 aliphatic heterocycles. The molecule has 0 heterocycles. The standard InChI is InChI=1S/C8H19N3O4S/c1-3-9-6-5-7-10-16(13,14)11-8(12)15-4-2/h9-10H,3-7H2,1-2H3,(H,11,12). The van der Waals surface area contributed by atoms with Crippen LogP contribution in [0.25, 0.3) is 0 Å². The largest absolute Gasteiger partial charge is 0.449 e. The minimum atomic E-state index is -3.79. The van der Waals surface area contributed by atoms with Crippen molar-refractivity contribution in [3.63, 3.8) is 0 Å². The Balaban J connectivity index is 3.74. The van der Waals surface area contributed by atoms with Crippen LogP contribution in [0.4, 0.5) is 4.79 Å². The van der Waals surface area contributed by atoms with E-state index in [-0.39, 0.29) is 13.2 Å². The van der Waals surface area contributed by atoms with E-state index in [4.69, 9.17) is 0 Å². The topological polar surface area (TPSA) is 96.5 Å². The lowest BCUT2D eigenvalue weighted by molar-refractivity contribution is 0.158. The molecule has 7 nitrogen and oxygen atoms in total. The summed E-state index contributed by atoms with van der Waals surface area (Å²) in [6.45, 7) is 5.51. The normalized spacial score (nSPS) is 11.1. The Hall–Kier alpha value is -0.860.